The van der Waals surface area contributed by atoms with E-state index in [9.17, 15) is 4.79 Å². The van der Waals surface area contributed by atoms with Crippen LogP contribution in [0.4, 0.5) is 17.2 Å². The van der Waals surface area contributed by atoms with Crippen molar-refractivity contribution in [2.24, 2.45) is 0 Å². The van der Waals surface area contributed by atoms with Crippen LogP contribution in [0, 0.1) is 0 Å². The Labute approximate surface area is 154 Å². The van der Waals surface area contributed by atoms with Crippen molar-refractivity contribution in [1.29, 1.82) is 0 Å². The van der Waals surface area contributed by atoms with Gasteiger partial charge in [0.05, 0.1) is 24.4 Å². The number of anilines is 3. The van der Waals surface area contributed by atoms with E-state index < -0.39 is 5.41 Å². The molecule has 6 nitrogen and oxygen atoms in total. The van der Waals surface area contributed by atoms with Crippen molar-refractivity contribution in [3.63, 3.8) is 0 Å². The van der Waals surface area contributed by atoms with Gasteiger partial charge in [0.2, 0.25) is 0 Å². The summed E-state index contributed by atoms with van der Waals surface area (Å²) in [5.74, 6) is 0.575. The number of hydrogen-bond acceptors (Lipinski definition) is 6. The molecule has 3 rings (SSSR count). The number of esters is 1. The molecule has 1 saturated carbocycles. The molecule has 1 aromatic carbocycles. The van der Waals surface area contributed by atoms with Gasteiger partial charge in [-0.2, -0.15) is 0 Å². The molecule has 0 atom stereocenters. The van der Waals surface area contributed by atoms with Gasteiger partial charge in [0.25, 0.3) is 0 Å². The summed E-state index contributed by atoms with van der Waals surface area (Å²) in [4.78, 5) is 20.6. The second-order valence-corrected chi connectivity index (χ2v) is 7.79. The molecule has 0 saturated heterocycles. The van der Waals surface area contributed by atoms with Gasteiger partial charge in [0.15, 0.2) is 5.82 Å². The number of aromatic nitrogens is 2. The molecule has 26 heavy (non-hydrogen) atoms. The molecule has 1 aliphatic rings. The van der Waals surface area contributed by atoms with Crippen LogP contribution < -0.4 is 10.6 Å². The lowest BCUT2D eigenvalue weighted by Crippen LogP contribution is -2.43. The Morgan fingerprint density at radius 1 is 1.19 bits per heavy atom. The highest BCUT2D eigenvalue weighted by Gasteiger charge is 2.46. The van der Waals surface area contributed by atoms with Crippen LogP contribution >= 0.6 is 0 Å². The molecular formula is C20H26N4O2. The molecule has 2 aromatic rings. The first-order chi connectivity index (χ1) is 12.3. The number of nitrogens with one attached hydrogen (secondary N) is 2. The Morgan fingerprint density at radius 3 is 2.42 bits per heavy atom. The van der Waals surface area contributed by atoms with E-state index in [0.717, 1.165) is 36.2 Å². The third kappa shape index (κ3) is 3.64. The zero-order chi connectivity index (χ0) is 18.8. The highest BCUT2D eigenvalue weighted by atomic mass is 16.5. The van der Waals surface area contributed by atoms with Crippen LogP contribution in [-0.2, 0) is 14.9 Å². The van der Waals surface area contributed by atoms with E-state index in [1.807, 2.05) is 24.3 Å². The van der Waals surface area contributed by atoms with E-state index >= 15 is 0 Å². The second-order valence-electron chi connectivity index (χ2n) is 7.79. The molecule has 0 unspecified atom stereocenters. The van der Waals surface area contributed by atoms with E-state index in [2.05, 4.69) is 41.4 Å². The number of nitrogens with zero attached hydrogens (tertiary/aromatic N) is 2. The maximum atomic E-state index is 12.2. The van der Waals surface area contributed by atoms with Gasteiger partial charge in [0.1, 0.15) is 6.33 Å². The Morgan fingerprint density at radius 2 is 1.88 bits per heavy atom. The molecule has 0 radical (unpaired) electrons. The first-order valence-corrected chi connectivity index (χ1v) is 8.88. The lowest BCUT2D eigenvalue weighted by molar-refractivity contribution is -0.151. The topological polar surface area (TPSA) is 76.1 Å². The number of benzene rings is 1. The van der Waals surface area contributed by atoms with E-state index in [4.69, 9.17) is 4.74 Å². The van der Waals surface area contributed by atoms with Gasteiger partial charge in [-0.1, -0.05) is 18.6 Å². The molecule has 2 N–H and O–H groups in total. The van der Waals surface area contributed by atoms with E-state index in [1.165, 1.54) is 13.4 Å². The van der Waals surface area contributed by atoms with Gasteiger partial charge in [0, 0.05) is 11.2 Å². The standard InChI is InChI=1S/C20H26N4O2/c1-19(2,3)24-16-12-21-13-22-17(16)23-15-8-6-14(7-9-15)20(10-5-11-20)18(25)26-4/h6-9,12-13,24H,5,10-11H2,1-4H3,(H,21,22,23). The lowest BCUT2D eigenvalue weighted by Gasteiger charge is -2.39. The summed E-state index contributed by atoms with van der Waals surface area (Å²) in [7, 11) is 1.46. The normalized spacial score (nSPS) is 15.7. The quantitative estimate of drug-likeness (QED) is 0.790. The van der Waals surface area contributed by atoms with Crippen molar-refractivity contribution in [3.05, 3.63) is 42.4 Å². The summed E-state index contributed by atoms with van der Waals surface area (Å²) in [6, 6.07) is 7.94. The van der Waals surface area contributed by atoms with Gasteiger partial charge in [-0.25, -0.2) is 9.97 Å². The van der Waals surface area contributed by atoms with Crippen molar-refractivity contribution in [2.45, 2.75) is 51.0 Å². The molecule has 6 heteroatoms. The van der Waals surface area contributed by atoms with Crippen LogP contribution in [0.15, 0.2) is 36.8 Å². The fourth-order valence-corrected chi connectivity index (χ4v) is 3.27. The zero-order valence-corrected chi connectivity index (χ0v) is 15.8. The molecule has 0 aliphatic heterocycles. The Kier molecular flexibility index (Phi) is 4.85. The van der Waals surface area contributed by atoms with Crippen LogP contribution in [0.3, 0.4) is 0 Å². The predicted molar refractivity (Wildman–Crippen MR) is 103 cm³/mol. The SMILES string of the molecule is COC(=O)C1(c2ccc(Nc3ncncc3NC(C)(C)C)cc2)CCC1. The molecule has 0 amide bonds. The Hall–Kier alpha value is -2.63. The Bertz CT molecular complexity index is 777. The monoisotopic (exact) mass is 354 g/mol. The average Bonchev–Trinajstić information content (AvgIpc) is 2.55. The number of hydrogen-bond donors (Lipinski definition) is 2. The molecule has 1 fully saturated rings. The fourth-order valence-electron chi connectivity index (χ4n) is 3.27. The lowest BCUT2D eigenvalue weighted by atomic mass is 9.64. The summed E-state index contributed by atoms with van der Waals surface area (Å²) >= 11 is 0. The van der Waals surface area contributed by atoms with Crippen molar-refractivity contribution in [3.8, 4) is 0 Å². The third-order valence-corrected chi connectivity index (χ3v) is 4.71. The van der Waals surface area contributed by atoms with Crippen molar-refractivity contribution < 1.29 is 9.53 Å². The molecule has 0 spiro atoms. The van der Waals surface area contributed by atoms with Crippen LogP contribution in [0.25, 0.3) is 0 Å². The minimum absolute atomic E-state index is 0.0951. The maximum Gasteiger partial charge on any atom is 0.316 e. The molecule has 1 heterocycles. The van der Waals surface area contributed by atoms with Crippen molar-refractivity contribution >= 4 is 23.2 Å². The van der Waals surface area contributed by atoms with Gasteiger partial charge in [-0.05, 0) is 51.3 Å². The smallest absolute Gasteiger partial charge is 0.316 e. The average molecular weight is 354 g/mol. The van der Waals surface area contributed by atoms with Gasteiger partial charge in [-0.15, -0.1) is 0 Å². The second kappa shape index (κ2) is 6.94. The van der Waals surface area contributed by atoms with Crippen LogP contribution in [0.2, 0.25) is 0 Å². The Balaban J connectivity index is 1.80. The van der Waals surface area contributed by atoms with E-state index in [-0.39, 0.29) is 11.5 Å². The van der Waals surface area contributed by atoms with Crippen LogP contribution in [0.5, 0.6) is 0 Å². The van der Waals surface area contributed by atoms with Crippen LogP contribution in [-0.4, -0.2) is 28.6 Å². The number of carbonyl (C=O) groups excluding carboxylic acids is 1. The number of methoxy groups -OCH3 is 1. The highest BCUT2D eigenvalue weighted by Crippen LogP contribution is 2.45. The molecule has 138 valence electrons. The minimum Gasteiger partial charge on any atom is -0.468 e. The predicted octanol–water partition coefficient (Wildman–Crippen LogP) is 4.03. The summed E-state index contributed by atoms with van der Waals surface area (Å²) in [5, 5.41) is 6.72. The largest absolute Gasteiger partial charge is 0.468 e. The minimum atomic E-state index is -0.471. The van der Waals surface area contributed by atoms with Gasteiger partial charge in [-0.3, -0.25) is 4.79 Å². The van der Waals surface area contributed by atoms with Crippen LogP contribution in [0.1, 0.15) is 45.6 Å². The molecule has 1 aromatic heterocycles. The maximum absolute atomic E-state index is 12.2. The summed E-state index contributed by atoms with van der Waals surface area (Å²) < 4.78 is 5.02. The number of rotatable bonds is 5. The van der Waals surface area contributed by atoms with Gasteiger partial charge < -0.3 is 15.4 Å². The summed E-state index contributed by atoms with van der Waals surface area (Å²) in [6.45, 7) is 6.26. The molecule has 1 aliphatic carbocycles. The highest BCUT2D eigenvalue weighted by molar-refractivity contribution is 5.84. The molecular weight excluding hydrogens is 328 g/mol. The third-order valence-electron chi connectivity index (χ3n) is 4.71. The molecule has 0 bridgehead atoms. The van der Waals surface area contributed by atoms with Gasteiger partial charge >= 0.3 is 5.97 Å². The fraction of sp³-hybridized carbons (Fsp3) is 0.450. The van der Waals surface area contributed by atoms with E-state index in [1.54, 1.807) is 6.20 Å². The summed E-state index contributed by atoms with van der Waals surface area (Å²) in [5.41, 5.74) is 2.19. The first kappa shape index (κ1) is 18.2. The zero-order valence-electron chi connectivity index (χ0n) is 15.8. The summed E-state index contributed by atoms with van der Waals surface area (Å²) in [6.07, 6.45) is 6.02. The van der Waals surface area contributed by atoms with Crippen molar-refractivity contribution in [1.82, 2.24) is 9.97 Å². The number of carbonyl (C=O) groups is 1. The van der Waals surface area contributed by atoms with Crippen molar-refractivity contribution in [2.75, 3.05) is 17.7 Å². The van der Waals surface area contributed by atoms with E-state index in [0.29, 0.717) is 5.82 Å². The number of ether oxygens (including phenoxy) is 1. The first-order valence-electron chi connectivity index (χ1n) is 8.88.